The summed E-state index contributed by atoms with van der Waals surface area (Å²) in [6, 6.07) is 7.86. The van der Waals surface area contributed by atoms with Gasteiger partial charge in [0.1, 0.15) is 5.75 Å². The van der Waals surface area contributed by atoms with Crippen molar-refractivity contribution in [2.45, 2.75) is 44.0 Å². The Kier molecular flexibility index (Phi) is 7.75. The highest BCUT2D eigenvalue weighted by Gasteiger charge is 2.13. The number of ether oxygens (including phenoxy) is 1. The molecule has 1 N–H and O–H groups in total. The molecule has 4 heteroatoms. The van der Waals surface area contributed by atoms with Crippen LogP contribution in [0.3, 0.4) is 0 Å². The lowest BCUT2D eigenvalue weighted by Gasteiger charge is -2.17. The summed E-state index contributed by atoms with van der Waals surface area (Å²) < 4.78 is 17.5. The Labute approximate surface area is 119 Å². The summed E-state index contributed by atoms with van der Waals surface area (Å²) in [5.41, 5.74) is 0. The summed E-state index contributed by atoms with van der Waals surface area (Å²) in [5.74, 6) is 1.43. The number of methoxy groups -OCH3 is 1. The van der Waals surface area contributed by atoms with E-state index in [4.69, 9.17) is 4.74 Å². The maximum Gasteiger partial charge on any atom is 0.120 e. The number of hydrogen-bond acceptors (Lipinski definition) is 3. The SMILES string of the molecule is CCCNC(CCC)CS(=O)c1cccc(OC)c1. The van der Waals surface area contributed by atoms with E-state index in [1.54, 1.807) is 7.11 Å². The van der Waals surface area contributed by atoms with Gasteiger partial charge in [0, 0.05) is 16.7 Å². The summed E-state index contributed by atoms with van der Waals surface area (Å²) >= 11 is 0. The third kappa shape index (κ3) is 5.74. The summed E-state index contributed by atoms with van der Waals surface area (Å²) in [6.07, 6.45) is 3.28. The zero-order valence-corrected chi connectivity index (χ0v) is 13.0. The van der Waals surface area contributed by atoms with Gasteiger partial charge < -0.3 is 10.1 Å². The number of rotatable bonds is 9. The largest absolute Gasteiger partial charge is 0.497 e. The molecule has 2 unspecified atom stereocenters. The first-order chi connectivity index (χ1) is 9.21. The predicted octanol–water partition coefficient (Wildman–Crippen LogP) is 2.97. The molecule has 0 saturated heterocycles. The van der Waals surface area contributed by atoms with Crippen molar-refractivity contribution in [1.29, 1.82) is 0 Å². The van der Waals surface area contributed by atoms with Crippen LogP contribution >= 0.6 is 0 Å². The summed E-state index contributed by atoms with van der Waals surface area (Å²) in [6.45, 7) is 5.30. The zero-order valence-electron chi connectivity index (χ0n) is 12.1. The first kappa shape index (κ1) is 16.2. The average Bonchev–Trinajstić information content (AvgIpc) is 2.45. The smallest absolute Gasteiger partial charge is 0.120 e. The van der Waals surface area contributed by atoms with Crippen LogP contribution in [0.15, 0.2) is 29.2 Å². The van der Waals surface area contributed by atoms with E-state index < -0.39 is 10.8 Å². The standard InChI is InChI=1S/C15H25NO2S/c1-4-7-13(16-10-5-2)12-19(17)15-9-6-8-14(11-15)18-3/h6,8-9,11,13,16H,4-5,7,10,12H2,1-3H3. The van der Waals surface area contributed by atoms with Crippen LogP contribution < -0.4 is 10.1 Å². The fourth-order valence-corrected chi connectivity index (χ4v) is 3.28. The fourth-order valence-electron chi connectivity index (χ4n) is 1.96. The molecule has 0 saturated carbocycles. The van der Waals surface area contributed by atoms with Crippen LogP contribution in [0.5, 0.6) is 5.75 Å². The van der Waals surface area contributed by atoms with Gasteiger partial charge in [0.2, 0.25) is 0 Å². The molecule has 19 heavy (non-hydrogen) atoms. The van der Waals surface area contributed by atoms with Gasteiger partial charge in [-0.3, -0.25) is 4.21 Å². The van der Waals surface area contributed by atoms with E-state index in [0.717, 1.165) is 36.5 Å². The lowest BCUT2D eigenvalue weighted by atomic mass is 10.2. The van der Waals surface area contributed by atoms with E-state index in [1.807, 2.05) is 24.3 Å². The van der Waals surface area contributed by atoms with Gasteiger partial charge in [0.05, 0.1) is 17.9 Å². The maximum absolute atomic E-state index is 12.4. The van der Waals surface area contributed by atoms with Gasteiger partial charge in [-0.05, 0) is 37.6 Å². The molecule has 0 bridgehead atoms. The highest BCUT2D eigenvalue weighted by Crippen LogP contribution is 2.16. The summed E-state index contributed by atoms with van der Waals surface area (Å²) in [4.78, 5) is 0.846. The van der Waals surface area contributed by atoms with E-state index in [0.29, 0.717) is 11.8 Å². The van der Waals surface area contributed by atoms with Crippen molar-refractivity contribution in [2.75, 3.05) is 19.4 Å². The van der Waals surface area contributed by atoms with Crippen molar-refractivity contribution < 1.29 is 8.95 Å². The van der Waals surface area contributed by atoms with Crippen molar-refractivity contribution >= 4 is 10.8 Å². The Morgan fingerprint density at radius 1 is 1.32 bits per heavy atom. The van der Waals surface area contributed by atoms with E-state index in [-0.39, 0.29) is 0 Å². The fraction of sp³-hybridized carbons (Fsp3) is 0.600. The highest BCUT2D eigenvalue weighted by atomic mass is 32.2. The second kappa shape index (κ2) is 9.10. The molecule has 0 aromatic heterocycles. The van der Waals surface area contributed by atoms with E-state index >= 15 is 0 Å². The van der Waals surface area contributed by atoms with Crippen molar-refractivity contribution in [3.63, 3.8) is 0 Å². The molecule has 2 atom stereocenters. The van der Waals surface area contributed by atoms with E-state index in [2.05, 4.69) is 19.2 Å². The minimum Gasteiger partial charge on any atom is -0.497 e. The zero-order chi connectivity index (χ0) is 14.1. The highest BCUT2D eigenvalue weighted by molar-refractivity contribution is 7.85. The number of hydrogen-bond donors (Lipinski definition) is 1. The molecular formula is C15H25NO2S. The monoisotopic (exact) mass is 283 g/mol. The molecule has 0 heterocycles. The molecule has 1 aromatic rings. The molecular weight excluding hydrogens is 258 g/mol. The molecule has 3 nitrogen and oxygen atoms in total. The predicted molar refractivity (Wildman–Crippen MR) is 81.3 cm³/mol. The molecule has 0 spiro atoms. The van der Waals surface area contributed by atoms with E-state index in [1.165, 1.54) is 0 Å². The van der Waals surface area contributed by atoms with Crippen molar-refractivity contribution in [1.82, 2.24) is 5.32 Å². The Balaban J connectivity index is 2.64. The van der Waals surface area contributed by atoms with Gasteiger partial charge in [-0.25, -0.2) is 0 Å². The minimum atomic E-state index is -0.973. The molecule has 0 fully saturated rings. The third-order valence-corrected chi connectivity index (χ3v) is 4.46. The normalized spacial score (nSPS) is 14.1. The lowest BCUT2D eigenvalue weighted by molar-refractivity contribution is 0.413. The van der Waals surface area contributed by atoms with Gasteiger partial charge in [-0.2, -0.15) is 0 Å². The van der Waals surface area contributed by atoms with Crippen LogP contribution in [0.1, 0.15) is 33.1 Å². The van der Waals surface area contributed by atoms with Crippen LogP contribution in [0.25, 0.3) is 0 Å². The summed E-state index contributed by atoms with van der Waals surface area (Å²) in [5, 5.41) is 3.48. The van der Waals surface area contributed by atoms with Gasteiger partial charge in [-0.1, -0.05) is 26.3 Å². The summed E-state index contributed by atoms with van der Waals surface area (Å²) in [7, 11) is 0.657. The molecule has 108 valence electrons. The molecule has 0 aliphatic rings. The van der Waals surface area contributed by atoms with Gasteiger partial charge in [0.25, 0.3) is 0 Å². The van der Waals surface area contributed by atoms with Crippen LogP contribution in [0.2, 0.25) is 0 Å². The second-order valence-electron chi connectivity index (χ2n) is 4.63. The second-order valence-corrected chi connectivity index (χ2v) is 6.13. The van der Waals surface area contributed by atoms with Gasteiger partial charge in [0.15, 0.2) is 0 Å². The maximum atomic E-state index is 12.4. The molecule has 0 radical (unpaired) electrons. The number of benzene rings is 1. The molecule has 0 aliphatic carbocycles. The Bertz CT molecular complexity index is 395. The molecule has 1 rings (SSSR count). The van der Waals surface area contributed by atoms with Gasteiger partial charge in [-0.15, -0.1) is 0 Å². The van der Waals surface area contributed by atoms with Crippen molar-refractivity contribution in [3.05, 3.63) is 24.3 Å². The van der Waals surface area contributed by atoms with E-state index in [9.17, 15) is 4.21 Å². The third-order valence-electron chi connectivity index (χ3n) is 2.98. The average molecular weight is 283 g/mol. The lowest BCUT2D eigenvalue weighted by Crippen LogP contribution is -2.34. The quantitative estimate of drug-likeness (QED) is 0.757. The number of nitrogens with one attached hydrogen (secondary N) is 1. The minimum absolute atomic E-state index is 0.331. The Morgan fingerprint density at radius 2 is 2.11 bits per heavy atom. The first-order valence-electron chi connectivity index (χ1n) is 6.97. The Morgan fingerprint density at radius 3 is 2.74 bits per heavy atom. The van der Waals surface area contributed by atoms with Crippen LogP contribution in [-0.4, -0.2) is 29.7 Å². The van der Waals surface area contributed by atoms with Crippen LogP contribution in [0.4, 0.5) is 0 Å². The molecule has 1 aromatic carbocycles. The van der Waals surface area contributed by atoms with Crippen LogP contribution in [-0.2, 0) is 10.8 Å². The van der Waals surface area contributed by atoms with Crippen molar-refractivity contribution in [2.24, 2.45) is 0 Å². The van der Waals surface area contributed by atoms with Crippen LogP contribution in [0, 0.1) is 0 Å². The molecule has 0 amide bonds. The topological polar surface area (TPSA) is 38.3 Å². The molecule has 0 aliphatic heterocycles. The van der Waals surface area contributed by atoms with Gasteiger partial charge >= 0.3 is 0 Å². The Hall–Kier alpha value is -0.870. The first-order valence-corrected chi connectivity index (χ1v) is 8.29. The van der Waals surface area contributed by atoms with Crippen molar-refractivity contribution in [3.8, 4) is 5.75 Å².